The molecular weight excluding hydrogens is 408 g/mol. The van der Waals surface area contributed by atoms with Crippen molar-refractivity contribution in [1.82, 2.24) is 10.3 Å². The molecule has 0 radical (unpaired) electrons. The van der Waals surface area contributed by atoms with Gasteiger partial charge in [-0.2, -0.15) is 0 Å². The smallest absolute Gasteiger partial charge is 0.276 e. The molecule has 6 nitrogen and oxygen atoms in total. The predicted molar refractivity (Wildman–Crippen MR) is 112 cm³/mol. The molecule has 0 bridgehead atoms. The SMILES string of the molecule is O=C1NC(SCc2ccc(Cl)cc2)=NN2C1=c1ccccc1=N[C@@H]2c1ccco1. The van der Waals surface area contributed by atoms with E-state index >= 15 is 0 Å². The maximum Gasteiger partial charge on any atom is 0.276 e. The van der Waals surface area contributed by atoms with Crippen LogP contribution in [0.15, 0.2) is 81.4 Å². The predicted octanol–water partition coefficient (Wildman–Crippen LogP) is 3.01. The average Bonchev–Trinajstić information content (AvgIpc) is 3.27. The van der Waals surface area contributed by atoms with Crippen LogP contribution < -0.4 is 15.9 Å². The number of rotatable bonds is 3. The first-order valence-corrected chi connectivity index (χ1v) is 10.3. The first-order valence-electron chi connectivity index (χ1n) is 8.96. The lowest BCUT2D eigenvalue weighted by Gasteiger charge is -2.32. The third-order valence-corrected chi connectivity index (χ3v) is 5.79. The fourth-order valence-electron chi connectivity index (χ4n) is 3.25. The minimum Gasteiger partial charge on any atom is -0.465 e. The Kier molecular flexibility index (Phi) is 4.61. The molecule has 0 fully saturated rings. The van der Waals surface area contributed by atoms with E-state index in [1.807, 2.05) is 54.6 Å². The van der Waals surface area contributed by atoms with Gasteiger partial charge >= 0.3 is 0 Å². The summed E-state index contributed by atoms with van der Waals surface area (Å²) in [5.41, 5.74) is 1.55. The highest BCUT2D eigenvalue weighted by Gasteiger charge is 2.35. The van der Waals surface area contributed by atoms with Crippen molar-refractivity contribution in [1.29, 1.82) is 0 Å². The van der Waals surface area contributed by atoms with Crippen molar-refractivity contribution in [2.75, 3.05) is 0 Å². The van der Waals surface area contributed by atoms with Gasteiger partial charge in [0.25, 0.3) is 5.91 Å². The molecule has 3 aromatic rings. The summed E-state index contributed by atoms with van der Waals surface area (Å²) in [5, 5.41) is 11.9. The molecule has 3 heterocycles. The van der Waals surface area contributed by atoms with E-state index in [0.29, 0.717) is 27.4 Å². The molecule has 0 aliphatic carbocycles. The van der Waals surface area contributed by atoms with Crippen LogP contribution in [0.25, 0.3) is 5.70 Å². The molecule has 144 valence electrons. The Balaban J connectivity index is 1.53. The molecule has 2 aromatic carbocycles. The molecule has 1 aromatic heterocycles. The van der Waals surface area contributed by atoms with Crippen molar-refractivity contribution in [3.05, 3.63) is 93.8 Å². The van der Waals surface area contributed by atoms with Crippen molar-refractivity contribution in [3.8, 4) is 0 Å². The molecule has 8 heteroatoms. The summed E-state index contributed by atoms with van der Waals surface area (Å²) in [6.45, 7) is 0. The highest BCUT2D eigenvalue weighted by atomic mass is 35.5. The largest absolute Gasteiger partial charge is 0.465 e. The van der Waals surface area contributed by atoms with Gasteiger partial charge in [-0.05, 0) is 35.9 Å². The van der Waals surface area contributed by atoms with Gasteiger partial charge in [0.1, 0.15) is 11.5 Å². The van der Waals surface area contributed by atoms with E-state index in [2.05, 4.69) is 10.4 Å². The van der Waals surface area contributed by atoms with Gasteiger partial charge in [0.2, 0.25) is 6.17 Å². The standard InChI is InChI=1S/C21H15ClN4O2S/c22-14-9-7-13(8-10-14)12-29-21-24-20(27)18-15-4-1-2-5-16(15)23-19(26(18)25-21)17-6-3-11-28-17/h1-11,19H,12H2,(H,24,25,27)/t19-/m0/s1. The van der Waals surface area contributed by atoms with E-state index in [-0.39, 0.29) is 5.91 Å². The van der Waals surface area contributed by atoms with Gasteiger partial charge in [0.05, 0.1) is 11.6 Å². The summed E-state index contributed by atoms with van der Waals surface area (Å²) in [7, 11) is 0. The number of benzene rings is 2. The van der Waals surface area contributed by atoms with Crippen LogP contribution in [0, 0.1) is 0 Å². The van der Waals surface area contributed by atoms with Gasteiger partial charge in [0.15, 0.2) is 5.17 Å². The van der Waals surface area contributed by atoms with Crippen LogP contribution in [0.1, 0.15) is 17.5 Å². The number of furan rings is 1. The lowest BCUT2D eigenvalue weighted by atomic mass is 10.1. The molecule has 1 amide bonds. The Bertz CT molecular complexity index is 1220. The Morgan fingerprint density at radius 1 is 1.10 bits per heavy atom. The van der Waals surface area contributed by atoms with E-state index in [9.17, 15) is 4.79 Å². The van der Waals surface area contributed by atoms with Crippen molar-refractivity contribution in [2.45, 2.75) is 11.9 Å². The summed E-state index contributed by atoms with van der Waals surface area (Å²) in [5.74, 6) is 1.06. The van der Waals surface area contributed by atoms with E-state index in [0.717, 1.165) is 16.1 Å². The number of thioether (sulfide) groups is 1. The van der Waals surface area contributed by atoms with Crippen LogP contribution in [0.2, 0.25) is 5.02 Å². The number of nitrogens with zero attached hydrogens (tertiary/aromatic N) is 3. The van der Waals surface area contributed by atoms with Gasteiger partial charge < -0.3 is 4.42 Å². The van der Waals surface area contributed by atoms with Crippen LogP contribution in [-0.4, -0.2) is 16.1 Å². The second-order valence-corrected chi connectivity index (χ2v) is 7.90. The van der Waals surface area contributed by atoms with Gasteiger partial charge in [0, 0.05) is 16.0 Å². The minimum absolute atomic E-state index is 0.211. The average molecular weight is 423 g/mol. The Morgan fingerprint density at radius 2 is 1.93 bits per heavy atom. The Hall–Kier alpha value is -3.03. The van der Waals surface area contributed by atoms with Crippen LogP contribution >= 0.6 is 23.4 Å². The lowest BCUT2D eigenvalue weighted by molar-refractivity contribution is -0.116. The van der Waals surface area contributed by atoms with E-state index in [1.54, 1.807) is 17.3 Å². The monoisotopic (exact) mass is 422 g/mol. The fraction of sp³-hybridized carbons (Fsp3) is 0.0952. The third-order valence-electron chi connectivity index (χ3n) is 4.60. The summed E-state index contributed by atoms with van der Waals surface area (Å²) < 4.78 is 5.58. The zero-order chi connectivity index (χ0) is 19.8. The van der Waals surface area contributed by atoms with Crippen molar-refractivity contribution >= 4 is 40.1 Å². The van der Waals surface area contributed by atoms with Crippen molar-refractivity contribution in [2.24, 2.45) is 10.1 Å². The highest BCUT2D eigenvalue weighted by molar-refractivity contribution is 8.13. The number of fused-ring (bicyclic) bond motifs is 2. The maximum atomic E-state index is 13.0. The first kappa shape index (κ1) is 18.0. The molecule has 5 rings (SSSR count). The molecule has 0 saturated carbocycles. The quantitative estimate of drug-likeness (QED) is 0.704. The summed E-state index contributed by atoms with van der Waals surface area (Å²) >= 11 is 7.39. The molecule has 2 aliphatic rings. The van der Waals surface area contributed by atoms with Crippen molar-refractivity contribution in [3.63, 3.8) is 0 Å². The van der Waals surface area contributed by atoms with E-state index in [4.69, 9.17) is 21.0 Å². The normalized spacial score (nSPS) is 17.8. The Labute approximate surface area is 175 Å². The maximum absolute atomic E-state index is 13.0. The molecule has 0 spiro atoms. The molecular formula is C21H15ClN4O2S. The zero-order valence-electron chi connectivity index (χ0n) is 15.1. The number of hydrogen-bond donors (Lipinski definition) is 1. The lowest BCUT2D eigenvalue weighted by Crippen LogP contribution is -2.50. The van der Waals surface area contributed by atoms with Crippen LogP contribution in [0.3, 0.4) is 0 Å². The number of hydrazone groups is 1. The summed E-state index contributed by atoms with van der Waals surface area (Å²) in [4.78, 5) is 17.8. The van der Waals surface area contributed by atoms with E-state index in [1.165, 1.54) is 11.8 Å². The number of halogens is 1. The summed E-state index contributed by atoms with van der Waals surface area (Å²) in [6, 6.07) is 18.8. The molecule has 0 saturated heterocycles. The summed E-state index contributed by atoms with van der Waals surface area (Å²) in [6.07, 6.45) is 1.06. The van der Waals surface area contributed by atoms with Crippen LogP contribution in [0.4, 0.5) is 0 Å². The second-order valence-electron chi connectivity index (χ2n) is 6.50. The number of para-hydroxylation sites is 1. The number of amidine groups is 1. The minimum atomic E-state index is -0.535. The molecule has 2 aliphatic heterocycles. The number of carbonyl (C=O) groups excluding carboxylic acids is 1. The van der Waals surface area contributed by atoms with Gasteiger partial charge in [-0.1, -0.05) is 53.7 Å². The molecule has 1 N–H and O–H groups in total. The van der Waals surface area contributed by atoms with Gasteiger partial charge in [-0.25, -0.2) is 10.0 Å². The molecule has 29 heavy (non-hydrogen) atoms. The highest BCUT2D eigenvalue weighted by Crippen LogP contribution is 2.31. The van der Waals surface area contributed by atoms with Crippen molar-refractivity contribution < 1.29 is 9.21 Å². The number of hydrogen-bond acceptors (Lipinski definition) is 6. The van der Waals surface area contributed by atoms with Crippen LogP contribution in [0.5, 0.6) is 0 Å². The number of carbonyl (C=O) groups is 1. The molecule has 1 atom stereocenters. The van der Waals surface area contributed by atoms with Crippen LogP contribution in [-0.2, 0) is 10.5 Å². The third kappa shape index (κ3) is 3.43. The first-order chi connectivity index (χ1) is 14.2. The zero-order valence-corrected chi connectivity index (χ0v) is 16.7. The van der Waals surface area contributed by atoms with E-state index < -0.39 is 6.17 Å². The van der Waals surface area contributed by atoms with Gasteiger partial charge in [-0.15, -0.1) is 5.10 Å². The second kappa shape index (κ2) is 7.42. The fourth-order valence-corrected chi connectivity index (χ4v) is 4.18. The van der Waals surface area contributed by atoms with Gasteiger partial charge in [-0.3, -0.25) is 10.1 Å². The Morgan fingerprint density at radius 3 is 2.72 bits per heavy atom. The number of nitrogens with one attached hydrogen (secondary N) is 1. The topological polar surface area (TPSA) is 70.2 Å². The molecule has 0 unspecified atom stereocenters. The number of amides is 1.